The SMILES string of the molecule is CCNc1cc(SC(C)CCO)ncn1. The molecular weight excluding hydrogens is 210 g/mol. The maximum atomic E-state index is 8.80. The van der Waals surface area contributed by atoms with E-state index in [0.717, 1.165) is 23.8 Å². The van der Waals surface area contributed by atoms with Gasteiger partial charge in [0.1, 0.15) is 17.2 Å². The van der Waals surface area contributed by atoms with Crippen molar-refractivity contribution in [3.05, 3.63) is 12.4 Å². The molecular formula is C10H17N3OS. The summed E-state index contributed by atoms with van der Waals surface area (Å²) >= 11 is 1.66. The molecule has 0 amide bonds. The molecule has 0 aliphatic carbocycles. The van der Waals surface area contributed by atoms with E-state index in [4.69, 9.17) is 5.11 Å². The maximum absolute atomic E-state index is 8.80. The van der Waals surface area contributed by atoms with Crippen molar-refractivity contribution in [2.45, 2.75) is 30.5 Å². The Morgan fingerprint density at radius 1 is 1.53 bits per heavy atom. The van der Waals surface area contributed by atoms with Crippen molar-refractivity contribution in [2.75, 3.05) is 18.5 Å². The summed E-state index contributed by atoms with van der Waals surface area (Å²) in [5, 5.41) is 13.3. The van der Waals surface area contributed by atoms with Crippen molar-refractivity contribution in [1.82, 2.24) is 9.97 Å². The van der Waals surface area contributed by atoms with E-state index in [1.165, 1.54) is 0 Å². The Labute approximate surface area is 94.5 Å². The van der Waals surface area contributed by atoms with Gasteiger partial charge in [0, 0.05) is 24.5 Å². The van der Waals surface area contributed by atoms with Gasteiger partial charge < -0.3 is 10.4 Å². The second kappa shape index (κ2) is 6.63. The van der Waals surface area contributed by atoms with E-state index in [0.29, 0.717) is 5.25 Å². The third-order valence-corrected chi connectivity index (χ3v) is 2.96. The maximum Gasteiger partial charge on any atom is 0.130 e. The number of anilines is 1. The molecule has 0 saturated carbocycles. The van der Waals surface area contributed by atoms with Crippen LogP contribution in [0.5, 0.6) is 0 Å². The van der Waals surface area contributed by atoms with E-state index in [2.05, 4.69) is 22.2 Å². The zero-order chi connectivity index (χ0) is 11.1. The summed E-state index contributed by atoms with van der Waals surface area (Å²) in [5.74, 6) is 0.853. The van der Waals surface area contributed by atoms with E-state index < -0.39 is 0 Å². The molecule has 1 aromatic heterocycles. The Kier molecular flexibility index (Phi) is 5.42. The van der Waals surface area contributed by atoms with Gasteiger partial charge in [-0.15, -0.1) is 11.8 Å². The van der Waals surface area contributed by atoms with Crippen molar-refractivity contribution in [3.8, 4) is 0 Å². The molecule has 4 nitrogen and oxygen atoms in total. The largest absolute Gasteiger partial charge is 0.396 e. The lowest BCUT2D eigenvalue weighted by Gasteiger charge is -2.09. The molecule has 1 heterocycles. The number of aliphatic hydroxyl groups excluding tert-OH is 1. The average molecular weight is 227 g/mol. The fourth-order valence-electron chi connectivity index (χ4n) is 1.13. The van der Waals surface area contributed by atoms with Crippen LogP contribution in [0, 0.1) is 0 Å². The summed E-state index contributed by atoms with van der Waals surface area (Å²) in [6.07, 6.45) is 2.34. The molecule has 15 heavy (non-hydrogen) atoms. The van der Waals surface area contributed by atoms with Crippen LogP contribution in [0.3, 0.4) is 0 Å². The van der Waals surface area contributed by atoms with Gasteiger partial charge in [-0.2, -0.15) is 0 Å². The van der Waals surface area contributed by atoms with Crippen molar-refractivity contribution in [2.24, 2.45) is 0 Å². The van der Waals surface area contributed by atoms with Gasteiger partial charge in [0.15, 0.2) is 0 Å². The van der Waals surface area contributed by atoms with Crippen LogP contribution in [0.1, 0.15) is 20.3 Å². The van der Waals surface area contributed by atoms with E-state index in [1.54, 1.807) is 18.1 Å². The number of hydrogen-bond donors (Lipinski definition) is 2. The second-order valence-electron chi connectivity index (χ2n) is 3.21. The Bertz CT molecular complexity index is 296. The fourth-order valence-corrected chi connectivity index (χ4v) is 2.05. The van der Waals surface area contributed by atoms with Gasteiger partial charge in [-0.1, -0.05) is 6.92 Å². The molecule has 0 aliphatic rings. The van der Waals surface area contributed by atoms with Crippen molar-refractivity contribution < 1.29 is 5.11 Å². The highest BCUT2D eigenvalue weighted by Gasteiger charge is 2.05. The van der Waals surface area contributed by atoms with Gasteiger partial charge in [-0.25, -0.2) is 9.97 Å². The van der Waals surface area contributed by atoms with Crippen molar-refractivity contribution >= 4 is 17.6 Å². The minimum atomic E-state index is 0.222. The van der Waals surface area contributed by atoms with Crippen molar-refractivity contribution in [1.29, 1.82) is 0 Å². The minimum Gasteiger partial charge on any atom is -0.396 e. The van der Waals surface area contributed by atoms with Gasteiger partial charge in [0.2, 0.25) is 0 Å². The van der Waals surface area contributed by atoms with Gasteiger partial charge >= 0.3 is 0 Å². The average Bonchev–Trinajstić information content (AvgIpc) is 2.19. The third kappa shape index (κ3) is 4.48. The Morgan fingerprint density at radius 2 is 2.33 bits per heavy atom. The van der Waals surface area contributed by atoms with E-state index in [-0.39, 0.29) is 6.61 Å². The quantitative estimate of drug-likeness (QED) is 0.573. The van der Waals surface area contributed by atoms with E-state index >= 15 is 0 Å². The molecule has 1 atom stereocenters. The lowest BCUT2D eigenvalue weighted by Crippen LogP contribution is -2.02. The standard InChI is InChI=1S/C10H17N3OS/c1-3-11-9-6-10(13-7-12-9)15-8(2)4-5-14/h6-8,14H,3-5H2,1-2H3,(H,11,12,13). The number of aliphatic hydroxyl groups is 1. The van der Waals surface area contributed by atoms with Gasteiger partial charge in [-0.05, 0) is 13.3 Å². The third-order valence-electron chi connectivity index (χ3n) is 1.86. The second-order valence-corrected chi connectivity index (χ2v) is 4.67. The summed E-state index contributed by atoms with van der Waals surface area (Å²) in [5.41, 5.74) is 0. The fraction of sp³-hybridized carbons (Fsp3) is 0.600. The first kappa shape index (κ1) is 12.3. The number of hydrogen-bond acceptors (Lipinski definition) is 5. The Morgan fingerprint density at radius 3 is 3.00 bits per heavy atom. The van der Waals surface area contributed by atoms with Gasteiger partial charge in [0.25, 0.3) is 0 Å². The number of nitrogens with zero attached hydrogens (tertiary/aromatic N) is 2. The Balaban J connectivity index is 2.56. The van der Waals surface area contributed by atoms with E-state index in [1.807, 2.05) is 13.0 Å². The summed E-state index contributed by atoms with van der Waals surface area (Å²) in [7, 11) is 0. The number of aromatic nitrogens is 2. The normalized spacial score (nSPS) is 12.5. The zero-order valence-electron chi connectivity index (χ0n) is 9.10. The van der Waals surface area contributed by atoms with Crippen LogP contribution in [0.15, 0.2) is 17.4 Å². The topological polar surface area (TPSA) is 58.0 Å². The van der Waals surface area contributed by atoms with Crippen LogP contribution >= 0.6 is 11.8 Å². The Hall–Kier alpha value is -0.810. The molecule has 1 unspecified atom stereocenters. The van der Waals surface area contributed by atoms with Crippen LogP contribution in [0.4, 0.5) is 5.82 Å². The number of rotatable bonds is 6. The van der Waals surface area contributed by atoms with Gasteiger partial charge in [0.05, 0.1) is 0 Å². The molecule has 0 fully saturated rings. The molecule has 0 saturated heterocycles. The highest BCUT2D eigenvalue weighted by Crippen LogP contribution is 2.23. The first-order valence-corrected chi connectivity index (χ1v) is 5.97. The predicted octanol–water partition coefficient (Wildman–Crippen LogP) is 1.77. The number of thioether (sulfide) groups is 1. The molecule has 0 radical (unpaired) electrons. The monoisotopic (exact) mass is 227 g/mol. The van der Waals surface area contributed by atoms with Crippen LogP contribution in [0.2, 0.25) is 0 Å². The van der Waals surface area contributed by atoms with Crippen LogP contribution < -0.4 is 5.32 Å². The number of nitrogens with one attached hydrogen (secondary N) is 1. The lowest BCUT2D eigenvalue weighted by molar-refractivity contribution is 0.289. The molecule has 0 aromatic carbocycles. The first-order valence-electron chi connectivity index (χ1n) is 5.09. The molecule has 84 valence electrons. The molecule has 5 heteroatoms. The van der Waals surface area contributed by atoms with Gasteiger partial charge in [-0.3, -0.25) is 0 Å². The van der Waals surface area contributed by atoms with Crippen LogP contribution in [-0.4, -0.2) is 33.5 Å². The molecule has 1 rings (SSSR count). The minimum absolute atomic E-state index is 0.222. The van der Waals surface area contributed by atoms with Crippen LogP contribution in [-0.2, 0) is 0 Å². The first-order chi connectivity index (χ1) is 7.26. The molecule has 0 aliphatic heterocycles. The predicted molar refractivity (Wildman–Crippen MR) is 63.2 cm³/mol. The molecule has 0 bridgehead atoms. The zero-order valence-corrected chi connectivity index (χ0v) is 9.92. The summed E-state index contributed by atoms with van der Waals surface area (Å²) in [6.45, 7) is 5.19. The molecule has 1 aromatic rings. The smallest absolute Gasteiger partial charge is 0.130 e. The highest BCUT2D eigenvalue weighted by molar-refractivity contribution is 7.99. The molecule has 0 spiro atoms. The van der Waals surface area contributed by atoms with Crippen LogP contribution in [0.25, 0.3) is 0 Å². The summed E-state index contributed by atoms with van der Waals surface area (Å²) in [4.78, 5) is 8.27. The molecule has 2 N–H and O–H groups in total. The summed E-state index contributed by atoms with van der Waals surface area (Å²) in [6, 6.07) is 1.93. The van der Waals surface area contributed by atoms with Crippen molar-refractivity contribution in [3.63, 3.8) is 0 Å². The highest BCUT2D eigenvalue weighted by atomic mass is 32.2. The summed E-state index contributed by atoms with van der Waals surface area (Å²) < 4.78 is 0. The lowest BCUT2D eigenvalue weighted by atomic mass is 10.3. The van der Waals surface area contributed by atoms with E-state index in [9.17, 15) is 0 Å².